The molecule has 0 radical (unpaired) electrons. The molecule has 1 aromatic rings. The van der Waals surface area contributed by atoms with Gasteiger partial charge in [-0.3, -0.25) is 0 Å². The van der Waals surface area contributed by atoms with Gasteiger partial charge in [0.1, 0.15) is 0 Å². The quantitative estimate of drug-likeness (QED) is 0.862. The van der Waals surface area contributed by atoms with E-state index in [9.17, 15) is 0 Å². The third-order valence-electron chi connectivity index (χ3n) is 6.23. The van der Waals surface area contributed by atoms with Gasteiger partial charge in [0.15, 0.2) is 0 Å². The van der Waals surface area contributed by atoms with Crippen LogP contribution in [-0.4, -0.2) is 7.05 Å². The first-order chi connectivity index (χ1) is 9.26. The first-order valence-corrected chi connectivity index (χ1v) is 8.85. The summed E-state index contributed by atoms with van der Waals surface area (Å²) in [5.41, 5.74) is 1.59. The summed E-state index contributed by atoms with van der Waals surface area (Å²) in [6, 6.07) is 2.98. The van der Waals surface area contributed by atoms with Gasteiger partial charge < -0.3 is 5.32 Å². The van der Waals surface area contributed by atoms with Crippen molar-refractivity contribution in [1.82, 2.24) is 5.32 Å². The number of thiophene rings is 1. The lowest BCUT2D eigenvalue weighted by atomic mass is 9.50. The Balaban J connectivity index is 1.66. The first-order valence-electron chi connectivity index (χ1n) is 7.97. The van der Waals surface area contributed by atoms with Crippen LogP contribution in [0.2, 0.25) is 0 Å². The third-order valence-corrected chi connectivity index (χ3v) is 7.09. The lowest BCUT2D eigenvalue weighted by molar-refractivity contribution is -0.0515. The van der Waals surface area contributed by atoms with Crippen LogP contribution in [0.4, 0.5) is 0 Å². The van der Waals surface area contributed by atoms with E-state index < -0.39 is 0 Å². The van der Waals surface area contributed by atoms with Crippen LogP contribution in [-0.2, 0) is 0 Å². The SMILES string of the molecule is CNC(c1ccsc1C)C1C2CC3CC(C2)CC1C3. The Kier molecular flexibility index (Phi) is 3.00. The van der Waals surface area contributed by atoms with Crippen molar-refractivity contribution in [2.45, 2.75) is 45.1 Å². The van der Waals surface area contributed by atoms with Gasteiger partial charge in [-0.1, -0.05) is 0 Å². The van der Waals surface area contributed by atoms with Crippen molar-refractivity contribution < 1.29 is 0 Å². The molecule has 1 N–H and O–H groups in total. The molecule has 4 bridgehead atoms. The average molecular weight is 275 g/mol. The Bertz CT molecular complexity index is 436. The highest BCUT2D eigenvalue weighted by Gasteiger charge is 2.50. The van der Waals surface area contributed by atoms with Crippen LogP contribution < -0.4 is 5.32 Å². The zero-order valence-electron chi connectivity index (χ0n) is 12.1. The third kappa shape index (κ3) is 1.91. The number of aryl methyl sites for hydroxylation is 1. The Morgan fingerprint density at radius 1 is 1.11 bits per heavy atom. The molecule has 0 spiro atoms. The maximum atomic E-state index is 3.68. The van der Waals surface area contributed by atoms with Gasteiger partial charge in [-0.05, 0) is 92.7 Å². The molecule has 5 rings (SSSR count). The minimum atomic E-state index is 0.612. The minimum Gasteiger partial charge on any atom is -0.313 e. The van der Waals surface area contributed by atoms with Crippen molar-refractivity contribution in [3.8, 4) is 0 Å². The van der Waals surface area contributed by atoms with E-state index in [-0.39, 0.29) is 0 Å². The fraction of sp³-hybridized carbons (Fsp3) is 0.765. The lowest BCUT2D eigenvalue weighted by Crippen LogP contribution is -2.49. The molecule has 19 heavy (non-hydrogen) atoms. The highest BCUT2D eigenvalue weighted by Crippen LogP contribution is 2.59. The van der Waals surface area contributed by atoms with Gasteiger partial charge in [0.2, 0.25) is 0 Å². The molecule has 1 aromatic heterocycles. The molecular weight excluding hydrogens is 250 g/mol. The van der Waals surface area contributed by atoms with Gasteiger partial charge in [-0.15, -0.1) is 11.3 Å². The molecular formula is C17H25NS. The summed E-state index contributed by atoms with van der Waals surface area (Å²) in [5.74, 6) is 5.09. The second-order valence-electron chi connectivity index (χ2n) is 7.21. The van der Waals surface area contributed by atoms with Crippen molar-refractivity contribution in [2.24, 2.45) is 29.6 Å². The summed E-state index contributed by atoms with van der Waals surface area (Å²) in [6.07, 6.45) is 7.66. The van der Waals surface area contributed by atoms with Gasteiger partial charge in [0.05, 0.1) is 0 Å². The fourth-order valence-electron chi connectivity index (χ4n) is 5.78. The number of nitrogens with one attached hydrogen (secondary N) is 1. The normalized spacial score (nSPS) is 41.7. The largest absolute Gasteiger partial charge is 0.313 e. The Morgan fingerprint density at radius 3 is 2.21 bits per heavy atom. The summed E-state index contributed by atoms with van der Waals surface area (Å²) < 4.78 is 0. The molecule has 1 heterocycles. The predicted octanol–water partition coefficient (Wildman–Crippen LogP) is 4.39. The average Bonchev–Trinajstić information content (AvgIpc) is 2.79. The van der Waals surface area contributed by atoms with Crippen LogP contribution in [0.3, 0.4) is 0 Å². The Morgan fingerprint density at radius 2 is 1.74 bits per heavy atom. The van der Waals surface area contributed by atoms with Crippen molar-refractivity contribution in [3.05, 3.63) is 21.9 Å². The Labute approximate surface area is 120 Å². The van der Waals surface area contributed by atoms with Gasteiger partial charge in [0, 0.05) is 10.9 Å². The second kappa shape index (κ2) is 4.60. The number of hydrogen-bond acceptors (Lipinski definition) is 2. The van der Waals surface area contributed by atoms with E-state index in [2.05, 4.69) is 30.7 Å². The lowest BCUT2D eigenvalue weighted by Gasteiger charge is -2.56. The molecule has 1 nitrogen and oxygen atoms in total. The standard InChI is InChI=1S/C17H25NS/c1-10-15(3-4-19-10)17(18-2)16-13-6-11-5-12(8-13)9-14(16)7-11/h3-4,11-14,16-18H,5-9H2,1-2H3. The molecule has 0 saturated heterocycles. The van der Waals surface area contributed by atoms with Crippen molar-refractivity contribution in [2.75, 3.05) is 7.05 Å². The molecule has 1 atom stereocenters. The summed E-state index contributed by atoms with van der Waals surface area (Å²) in [4.78, 5) is 1.52. The fourth-order valence-corrected chi connectivity index (χ4v) is 6.53. The highest BCUT2D eigenvalue weighted by molar-refractivity contribution is 7.10. The Hall–Kier alpha value is -0.340. The summed E-state index contributed by atoms with van der Waals surface area (Å²) in [6.45, 7) is 2.29. The summed E-state index contributed by atoms with van der Waals surface area (Å²) >= 11 is 1.91. The van der Waals surface area contributed by atoms with E-state index in [4.69, 9.17) is 0 Å². The van der Waals surface area contributed by atoms with E-state index in [1.54, 1.807) is 12.0 Å². The van der Waals surface area contributed by atoms with Gasteiger partial charge in [-0.2, -0.15) is 0 Å². The van der Waals surface area contributed by atoms with E-state index in [1.807, 2.05) is 11.3 Å². The maximum absolute atomic E-state index is 3.68. The van der Waals surface area contributed by atoms with Crippen LogP contribution in [0.1, 0.15) is 48.6 Å². The van der Waals surface area contributed by atoms with Crippen LogP contribution in [0, 0.1) is 36.5 Å². The molecule has 0 aromatic carbocycles. The molecule has 1 unspecified atom stereocenters. The second-order valence-corrected chi connectivity index (χ2v) is 8.33. The van der Waals surface area contributed by atoms with E-state index in [0.29, 0.717) is 6.04 Å². The van der Waals surface area contributed by atoms with Crippen LogP contribution in [0.5, 0.6) is 0 Å². The van der Waals surface area contributed by atoms with Crippen LogP contribution in [0.15, 0.2) is 11.4 Å². The molecule has 0 amide bonds. The zero-order chi connectivity index (χ0) is 13.0. The summed E-state index contributed by atoms with van der Waals surface area (Å²) in [5, 5.41) is 5.95. The van der Waals surface area contributed by atoms with Crippen molar-refractivity contribution in [1.29, 1.82) is 0 Å². The first kappa shape index (κ1) is 12.4. The molecule has 2 heteroatoms. The molecule has 104 valence electrons. The molecule has 4 aliphatic rings. The maximum Gasteiger partial charge on any atom is 0.0362 e. The van der Waals surface area contributed by atoms with E-state index in [0.717, 1.165) is 29.6 Å². The molecule has 4 aliphatic carbocycles. The number of rotatable bonds is 3. The van der Waals surface area contributed by atoms with Gasteiger partial charge in [0.25, 0.3) is 0 Å². The van der Waals surface area contributed by atoms with Crippen molar-refractivity contribution in [3.63, 3.8) is 0 Å². The van der Waals surface area contributed by atoms with E-state index >= 15 is 0 Å². The van der Waals surface area contributed by atoms with Crippen LogP contribution >= 0.6 is 11.3 Å². The monoisotopic (exact) mass is 275 g/mol. The number of hydrogen-bond donors (Lipinski definition) is 1. The van der Waals surface area contributed by atoms with Gasteiger partial charge in [-0.25, -0.2) is 0 Å². The van der Waals surface area contributed by atoms with E-state index in [1.165, 1.54) is 30.6 Å². The van der Waals surface area contributed by atoms with Crippen LogP contribution in [0.25, 0.3) is 0 Å². The zero-order valence-corrected chi connectivity index (χ0v) is 12.9. The predicted molar refractivity (Wildman–Crippen MR) is 81.4 cm³/mol. The molecule has 4 fully saturated rings. The summed E-state index contributed by atoms with van der Waals surface area (Å²) in [7, 11) is 2.17. The molecule has 0 aliphatic heterocycles. The topological polar surface area (TPSA) is 12.0 Å². The molecule has 4 saturated carbocycles. The van der Waals surface area contributed by atoms with Crippen molar-refractivity contribution >= 4 is 11.3 Å². The highest BCUT2D eigenvalue weighted by atomic mass is 32.1. The smallest absolute Gasteiger partial charge is 0.0362 e. The van der Waals surface area contributed by atoms with Gasteiger partial charge >= 0.3 is 0 Å². The minimum absolute atomic E-state index is 0.612.